The van der Waals surface area contributed by atoms with E-state index in [-0.39, 0.29) is 11.5 Å². The van der Waals surface area contributed by atoms with Crippen LogP contribution in [-0.4, -0.2) is 16.0 Å². The molecular formula is C10H8F3N3S. The van der Waals surface area contributed by atoms with E-state index in [9.17, 15) is 13.2 Å². The highest BCUT2D eigenvalue weighted by Gasteiger charge is 2.15. The van der Waals surface area contributed by atoms with E-state index in [1.165, 1.54) is 18.0 Å². The minimum atomic E-state index is -1.25. The summed E-state index contributed by atoms with van der Waals surface area (Å²) in [5, 5.41) is 3.83. The van der Waals surface area contributed by atoms with Crippen LogP contribution in [0.4, 0.5) is 19.0 Å². The fourth-order valence-electron chi connectivity index (χ4n) is 1.37. The summed E-state index contributed by atoms with van der Waals surface area (Å²) >= 11 is 1.33. The van der Waals surface area contributed by atoms with E-state index >= 15 is 0 Å². The molecule has 7 heteroatoms. The molecule has 2 aromatic rings. The zero-order valence-corrected chi connectivity index (χ0v) is 9.56. The van der Waals surface area contributed by atoms with Crippen molar-refractivity contribution in [3.05, 3.63) is 35.8 Å². The van der Waals surface area contributed by atoms with Crippen molar-refractivity contribution in [2.75, 3.05) is 12.0 Å². The molecule has 0 aliphatic carbocycles. The highest BCUT2D eigenvalue weighted by Crippen LogP contribution is 2.26. The molecule has 0 bridgehead atoms. The Labute approximate surface area is 99.4 Å². The van der Waals surface area contributed by atoms with Crippen LogP contribution in [0.5, 0.6) is 0 Å². The SMILES string of the molecule is CSc1cnn(-c2cc(F)c(F)cc2F)c1N. The molecule has 3 nitrogen and oxygen atoms in total. The zero-order chi connectivity index (χ0) is 12.6. The molecule has 90 valence electrons. The standard InChI is InChI=1S/C10H8F3N3S/c1-17-9-4-15-16(10(9)14)8-3-6(12)5(11)2-7(8)13/h2-4H,14H2,1H3. The predicted octanol–water partition coefficient (Wildman–Crippen LogP) is 2.59. The summed E-state index contributed by atoms with van der Waals surface area (Å²) in [6.07, 6.45) is 3.21. The number of anilines is 1. The largest absolute Gasteiger partial charge is 0.383 e. The molecular weight excluding hydrogens is 251 g/mol. The molecule has 0 aliphatic rings. The number of hydrogen-bond donors (Lipinski definition) is 1. The first-order valence-corrected chi connectivity index (χ1v) is 5.79. The molecule has 0 unspecified atom stereocenters. The Morgan fingerprint density at radius 2 is 1.82 bits per heavy atom. The van der Waals surface area contributed by atoms with Crippen LogP contribution in [0.2, 0.25) is 0 Å². The highest BCUT2D eigenvalue weighted by atomic mass is 32.2. The third-order valence-corrected chi connectivity index (χ3v) is 2.96. The van der Waals surface area contributed by atoms with Crippen LogP contribution in [-0.2, 0) is 0 Å². The first-order chi connectivity index (χ1) is 8.04. The minimum absolute atomic E-state index is 0.183. The molecule has 2 N–H and O–H groups in total. The van der Waals surface area contributed by atoms with Crippen LogP contribution in [0.15, 0.2) is 23.2 Å². The molecule has 2 rings (SSSR count). The summed E-state index contributed by atoms with van der Waals surface area (Å²) in [5.41, 5.74) is 5.48. The zero-order valence-electron chi connectivity index (χ0n) is 8.75. The van der Waals surface area contributed by atoms with E-state index in [1.807, 2.05) is 0 Å². The van der Waals surface area contributed by atoms with Crippen molar-refractivity contribution in [2.45, 2.75) is 4.90 Å². The Bertz CT molecular complexity index is 568. The molecule has 0 radical (unpaired) electrons. The van der Waals surface area contributed by atoms with Crippen LogP contribution in [0, 0.1) is 17.5 Å². The number of benzene rings is 1. The Balaban J connectivity index is 2.60. The van der Waals surface area contributed by atoms with Gasteiger partial charge in [-0.3, -0.25) is 0 Å². The van der Waals surface area contributed by atoms with Crippen LogP contribution >= 0.6 is 11.8 Å². The van der Waals surface area contributed by atoms with Gasteiger partial charge in [-0.2, -0.15) is 5.10 Å². The highest BCUT2D eigenvalue weighted by molar-refractivity contribution is 7.98. The van der Waals surface area contributed by atoms with Crippen molar-refractivity contribution < 1.29 is 13.2 Å². The number of nitrogens with zero attached hydrogens (tertiary/aromatic N) is 2. The van der Waals surface area contributed by atoms with Gasteiger partial charge in [0.2, 0.25) is 0 Å². The van der Waals surface area contributed by atoms with Crippen LogP contribution in [0.25, 0.3) is 5.69 Å². The first kappa shape index (κ1) is 11.8. The molecule has 1 aromatic carbocycles. The van der Waals surface area contributed by atoms with Crippen molar-refractivity contribution in [1.29, 1.82) is 0 Å². The Kier molecular flexibility index (Phi) is 3.01. The topological polar surface area (TPSA) is 43.8 Å². The second kappa shape index (κ2) is 4.33. The number of rotatable bonds is 2. The van der Waals surface area contributed by atoms with E-state index < -0.39 is 17.5 Å². The lowest BCUT2D eigenvalue weighted by Gasteiger charge is -2.06. The average Bonchev–Trinajstić information content (AvgIpc) is 2.65. The number of nitrogen functional groups attached to an aromatic ring is 1. The summed E-state index contributed by atoms with van der Waals surface area (Å²) in [6.45, 7) is 0. The second-order valence-electron chi connectivity index (χ2n) is 3.23. The lowest BCUT2D eigenvalue weighted by atomic mass is 10.3. The van der Waals surface area contributed by atoms with E-state index in [1.54, 1.807) is 6.26 Å². The van der Waals surface area contributed by atoms with Gasteiger partial charge in [0.15, 0.2) is 17.5 Å². The molecule has 1 aromatic heterocycles. The van der Waals surface area contributed by atoms with Crippen molar-refractivity contribution in [1.82, 2.24) is 9.78 Å². The van der Waals surface area contributed by atoms with Crippen molar-refractivity contribution in [2.24, 2.45) is 0 Å². The van der Waals surface area contributed by atoms with Gasteiger partial charge in [0.1, 0.15) is 11.5 Å². The third kappa shape index (κ3) is 1.97. The van der Waals surface area contributed by atoms with Crippen LogP contribution in [0.3, 0.4) is 0 Å². The van der Waals surface area contributed by atoms with Crippen LogP contribution < -0.4 is 5.73 Å². The van der Waals surface area contributed by atoms with Gasteiger partial charge in [-0.25, -0.2) is 17.9 Å². The maximum atomic E-state index is 13.5. The molecule has 1 heterocycles. The number of halogens is 3. The summed E-state index contributed by atoms with van der Waals surface area (Å²) in [4.78, 5) is 0.633. The Morgan fingerprint density at radius 3 is 2.41 bits per heavy atom. The summed E-state index contributed by atoms with van der Waals surface area (Å²) in [7, 11) is 0. The van der Waals surface area contributed by atoms with Crippen LogP contribution in [0.1, 0.15) is 0 Å². The van der Waals surface area contributed by atoms with Gasteiger partial charge < -0.3 is 5.73 Å². The fourth-order valence-corrected chi connectivity index (χ4v) is 1.81. The smallest absolute Gasteiger partial charge is 0.161 e. The number of hydrogen-bond acceptors (Lipinski definition) is 3. The molecule has 0 aliphatic heterocycles. The number of aromatic nitrogens is 2. The van der Waals surface area contributed by atoms with Gasteiger partial charge in [-0.15, -0.1) is 11.8 Å². The molecule has 0 atom stereocenters. The molecule has 0 amide bonds. The van der Waals surface area contributed by atoms with Crippen molar-refractivity contribution >= 4 is 17.6 Å². The van der Waals surface area contributed by atoms with Gasteiger partial charge in [-0.05, 0) is 6.26 Å². The lowest BCUT2D eigenvalue weighted by Crippen LogP contribution is -2.06. The Morgan fingerprint density at radius 1 is 1.18 bits per heavy atom. The Hall–Kier alpha value is -1.63. The minimum Gasteiger partial charge on any atom is -0.383 e. The lowest BCUT2D eigenvalue weighted by molar-refractivity contribution is 0.491. The van der Waals surface area contributed by atoms with Gasteiger partial charge in [-0.1, -0.05) is 0 Å². The van der Waals surface area contributed by atoms with Gasteiger partial charge in [0.25, 0.3) is 0 Å². The first-order valence-electron chi connectivity index (χ1n) is 4.57. The van der Waals surface area contributed by atoms with Gasteiger partial charge in [0.05, 0.1) is 11.1 Å². The third-order valence-electron chi connectivity index (χ3n) is 2.21. The summed E-state index contributed by atoms with van der Waals surface area (Å²) in [5.74, 6) is -3.14. The predicted molar refractivity (Wildman–Crippen MR) is 59.6 cm³/mol. The van der Waals surface area contributed by atoms with E-state index in [4.69, 9.17) is 5.73 Å². The fraction of sp³-hybridized carbons (Fsp3) is 0.100. The van der Waals surface area contributed by atoms with Gasteiger partial charge >= 0.3 is 0 Å². The van der Waals surface area contributed by atoms with Gasteiger partial charge in [0, 0.05) is 12.1 Å². The summed E-state index contributed by atoms with van der Waals surface area (Å²) in [6, 6.07) is 1.18. The van der Waals surface area contributed by atoms with Crippen molar-refractivity contribution in [3.63, 3.8) is 0 Å². The number of thioether (sulfide) groups is 1. The summed E-state index contributed by atoms with van der Waals surface area (Å²) < 4.78 is 40.3. The molecule has 0 saturated carbocycles. The average molecular weight is 259 g/mol. The van der Waals surface area contributed by atoms with E-state index in [0.29, 0.717) is 11.0 Å². The maximum Gasteiger partial charge on any atom is 0.161 e. The molecule has 0 saturated heterocycles. The number of nitrogens with two attached hydrogens (primary N) is 1. The second-order valence-corrected chi connectivity index (χ2v) is 4.08. The molecule has 0 fully saturated rings. The molecule has 17 heavy (non-hydrogen) atoms. The van der Waals surface area contributed by atoms with E-state index in [2.05, 4.69) is 5.10 Å². The normalized spacial score (nSPS) is 10.8. The maximum absolute atomic E-state index is 13.5. The molecule has 0 spiro atoms. The quantitative estimate of drug-likeness (QED) is 0.666. The van der Waals surface area contributed by atoms with Crippen molar-refractivity contribution in [3.8, 4) is 5.69 Å². The monoisotopic (exact) mass is 259 g/mol. The van der Waals surface area contributed by atoms with E-state index in [0.717, 1.165) is 10.7 Å².